The van der Waals surface area contributed by atoms with Crippen LogP contribution in [0.4, 0.5) is 0 Å². The van der Waals surface area contributed by atoms with Gasteiger partial charge in [0.1, 0.15) is 5.75 Å². The van der Waals surface area contributed by atoms with Crippen molar-refractivity contribution >= 4 is 11.3 Å². The highest BCUT2D eigenvalue weighted by Crippen LogP contribution is 2.19. The van der Waals surface area contributed by atoms with Crippen LogP contribution < -0.4 is 10.1 Å². The molecule has 0 fully saturated rings. The van der Waals surface area contributed by atoms with Gasteiger partial charge in [-0.05, 0) is 30.2 Å². The fourth-order valence-corrected chi connectivity index (χ4v) is 2.78. The Morgan fingerprint density at radius 2 is 2.00 bits per heavy atom. The molecule has 3 nitrogen and oxygen atoms in total. The van der Waals surface area contributed by atoms with Gasteiger partial charge in [0.25, 0.3) is 0 Å². The standard InChI is InChI=1S/C17H24N2OS/c1-4-18-11-15-12-21-17(19-15)9-10-20-16-7-5-14(6-8-16)13(2)3/h5-8,12-13,18H,4,9-11H2,1-3H3. The normalized spacial score (nSPS) is 11.0. The maximum absolute atomic E-state index is 5.79. The fraction of sp³-hybridized carbons (Fsp3) is 0.471. The second kappa shape index (κ2) is 8.15. The molecule has 0 spiro atoms. The van der Waals surface area contributed by atoms with E-state index in [4.69, 9.17) is 4.74 Å². The van der Waals surface area contributed by atoms with Gasteiger partial charge in [-0.25, -0.2) is 4.98 Å². The number of rotatable bonds is 8. The molecule has 0 unspecified atom stereocenters. The molecule has 0 bridgehead atoms. The summed E-state index contributed by atoms with van der Waals surface area (Å²) in [6.45, 7) is 9.00. The van der Waals surface area contributed by atoms with Gasteiger partial charge in [0.05, 0.1) is 17.3 Å². The molecule has 0 atom stereocenters. The zero-order valence-corrected chi connectivity index (χ0v) is 13.9. The Morgan fingerprint density at radius 3 is 2.67 bits per heavy atom. The smallest absolute Gasteiger partial charge is 0.119 e. The first-order valence-electron chi connectivity index (χ1n) is 7.55. The highest BCUT2D eigenvalue weighted by molar-refractivity contribution is 7.09. The Kier molecular flexibility index (Phi) is 6.21. The summed E-state index contributed by atoms with van der Waals surface area (Å²) in [5.41, 5.74) is 2.47. The van der Waals surface area contributed by atoms with E-state index in [0.29, 0.717) is 12.5 Å². The Hall–Kier alpha value is -1.39. The Morgan fingerprint density at radius 1 is 1.24 bits per heavy atom. The predicted octanol–water partition coefficient (Wildman–Crippen LogP) is 4.00. The quantitative estimate of drug-likeness (QED) is 0.800. The van der Waals surface area contributed by atoms with Gasteiger partial charge >= 0.3 is 0 Å². The summed E-state index contributed by atoms with van der Waals surface area (Å²) in [7, 11) is 0. The SMILES string of the molecule is CCNCc1csc(CCOc2ccc(C(C)C)cc2)n1. The van der Waals surface area contributed by atoms with E-state index in [9.17, 15) is 0 Å². The minimum atomic E-state index is 0.560. The average molecular weight is 304 g/mol. The molecule has 0 radical (unpaired) electrons. The van der Waals surface area contributed by atoms with E-state index in [1.807, 2.05) is 12.1 Å². The molecule has 1 N–H and O–H groups in total. The molecule has 21 heavy (non-hydrogen) atoms. The molecule has 1 heterocycles. The zero-order valence-electron chi connectivity index (χ0n) is 13.1. The van der Waals surface area contributed by atoms with E-state index in [1.165, 1.54) is 5.56 Å². The highest BCUT2D eigenvalue weighted by atomic mass is 32.1. The van der Waals surface area contributed by atoms with E-state index >= 15 is 0 Å². The van der Waals surface area contributed by atoms with Crippen molar-refractivity contribution in [1.29, 1.82) is 0 Å². The molecule has 114 valence electrons. The summed E-state index contributed by atoms with van der Waals surface area (Å²) in [5.74, 6) is 1.49. The minimum absolute atomic E-state index is 0.560. The van der Waals surface area contributed by atoms with Crippen LogP contribution in [0.1, 0.15) is 43.0 Å². The summed E-state index contributed by atoms with van der Waals surface area (Å²) >= 11 is 1.71. The molecular weight excluding hydrogens is 280 g/mol. The van der Waals surface area contributed by atoms with Crippen molar-refractivity contribution in [1.82, 2.24) is 10.3 Å². The molecule has 0 aliphatic rings. The van der Waals surface area contributed by atoms with Crippen molar-refractivity contribution in [2.75, 3.05) is 13.2 Å². The molecule has 1 aromatic heterocycles. The van der Waals surface area contributed by atoms with Crippen LogP contribution in [0.2, 0.25) is 0 Å². The van der Waals surface area contributed by atoms with Crippen molar-refractivity contribution < 1.29 is 4.74 Å². The molecule has 0 saturated carbocycles. The van der Waals surface area contributed by atoms with E-state index in [0.717, 1.165) is 36.0 Å². The number of benzene rings is 1. The first-order chi connectivity index (χ1) is 10.2. The van der Waals surface area contributed by atoms with E-state index in [-0.39, 0.29) is 0 Å². The van der Waals surface area contributed by atoms with Crippen LogP contribution in [-0.2, 0) is 13.0 Å². The molecule has 2 rings (SSSR count). The van der Waals surface area contributed by atoms with Gasteiger partial charge in [0, 0.05) is 18.3 Å². The lowest BCUT2D eigenvalue weighted by Crippen LogP contribution is -2.12. The monoisotopic (exact) mass is 304 g/mol. The van der Waals surface area contributed by atoms with Crippen LogP contribution in [0.25, 0.3) is 0 Å². The maximum Gasteiger partial charge on any atom is 0.119 e. The third-order valence-electron chi connectivity index (χ3n) is 3.29. The number of nitrogens with one attached hydrogen (secondary N) is 1. The van der Waals surface area contributed by atoms with Crippen LogP contribution in [-0.4, -0.2) is 18.1 Å². The van der Waals surface area contributed by atoms with Crippen molar-refractivity contribution in [3.63, 3.8) is 0 Å². The fourth-order valence-electron chi connectivity index (χ4n) is 2.00. The summed E-state index contributed by atoms with van der Waals surface area (Å²) < 4.78 is 5.79. The number of nitrogens with zero attached hydrogens (tertiary/aromatic N) is 1. The van der Waals surface area contributed by atoms with Crippen LogP contribution >= 0.6 is 11.3 Å². The number of hydrogen-bond donors (Lipinski definition) is 1. The van der Waals surface area contributed by atoms with E-state index in [2.05, 4.69) is 48.6 Å². The van der Waals surface area contributed by atoms with Gasteiger partial charge in [0.2, 0.25) is 0 Å². The summed E-state index contributed by atoms with van der Waals surface area (Å²) in [6.07, 6.45) is 0.864. The van der Waals surface area contributed by atoms with Crippen LogP contribution in [0.15, 0.2) is 29.6 Å². The molecule has 0 amide bonds. The lowest BCUT2D eigenvalue weighted by atomic mass is 10.0. The first-order valence-corrected chi connectivity index (χ1v) is 8.43. The minimum Gasteiger partial charge on any atom is -0.493 e. The highest BCUT2D eigenvalue weighted by Gasteiger charge is 2.03. The number of aromatic nitrogens is 1. The molecule has 0 saturated heterocycles. The largest absolute Gasteiger partial charge is 0.493 e. The summed E-state index contributed by atoms with van der Waals surface area (Å²) in [4.78, 5) is 4.59. The lowest BCUT2D eigenvalue weighted by molar-refractivity contribution is 0.321. The third kappa shape index (κ3) is 5.14. The number of ether oxygens (including phenoxy) is 1. The molecule has 4 heteroatoms. The maximum atomic E-state index is 5.79. The van der Waals surface area contributed by atoms with Gasteiger partial charge in [0.15, 0.2) is 0 Å². The van der Waals surface area contributed by atoms with E-state index in [1.54, 1.807) is 11.3 Å². The average Bonchev–Trinajstić information content (AvgIpc) is 2.93. The molecule has 1 aromatic carbocycles. The van der Waals surface area contributed by atoms with Crippen molar-refractivity contribution in [2.45, 2.75) is 39.7 Å². The van der Waals surface area contributed by atoms with Crippen LogP contribution in [0.5, 0.6) is 5.75 Å². The zero-order chi connectivity index (χ0) is 15.1. The lowest BCUT2D eigenvalue weighted by Gasteiger charge is -2.08. The molecule has 0 aliphatic carbocycles. The first kappa shape index (κ1) is 16.0. The topological polar surface area (TPSA) is 34.1 Å². The summed E-state index contributed by atoms with van der Waals surface area (Å²) in [6, 6.07) is 8.37. The summed E-state index contributed by atoms with van der Waals surface area (Å²) in [5, 5.41) is 6.55. The van der Waals surface area contributed by atoms with Gasteiger partial charge < -0.3 is 10.1 Å². The predicted molar refractivity (Wildman–Crippen MR) is 89.2 cm³/mol. The van der Waals surface area contributed by atoms with Gasteiger partial charge in [-0.1, -0.05) is 32.9 Å². The number of thiazole rings is 1. The Balaban J connectivity index is 1.77. The van der Waals surface area contributed by atoms with Gasteiger partial charge in [-0.15, -0.1) is 11.3 Å². The second-order valence-electron chi connectivity index (χ2n) is 5.34. The van der Waals surface area contributed by atoms with Crippen molar-refractivity contribution in [3.8, 4) is 5.75 Å². The van der Waals surface area contributed by atoms with Crippen molar-refractivity contribution in [2.24, 2.45) is 0 Å². The van der Waals surface area contributed by atoms with Crippen LogP contribution in [0.3, 0.4) is 0 Å². The van der Waals surface area contributed by atoms with Gasteiger partial charge in [-0.3, -0.25) is 0 Å². The van der Waals surface area contributed by atoms with Crippen molar-refractivity contribution in [3.05, 3.63) is 45.9 Å². The molecule has 0 aliphatic heterocycles. The second-order valence-corrected chi connectivity index (χ2v) is 6.28. The van der Waals surface area contributed by atoms with Gasteiger partial charge in [-0.2, -0.15) is 0 Å². The third-order valence-corrected chi connectivity index (χ3v) is 4.24. The van der Waals surface area contributed by atoms with Crippen LogP contribution in [0, 0.1) is 0 Å². The number of hydrogen-bond acceptors (Lipinski definition) is 4. The Bertz CT molecular complexity index is 534. The molecule has 2 aromatic rings. The Labute approximate surface area is 131 Å². The van der Waals surface area contributed by atoms with E-state index < -0.39 is 0 Å². The molecular formula is C17H24N2OS.